The molecule has 0 radical (unpaired) electrons. The molecule has 0 saturated carbocycles. The van der Waals surface area contributed by atoms with Gasteiger partial charge >= 0.3 is 0 Å². The Balaban J connectivity index is 1.89. The van der Waals surface area contributed by atoms with Crippen LogP contribution in [-0.2, 0) is 19.6 Å². The highest BCUT2D eigenvalue weighted by Gasteiger charge is 2.40. The van der Waals surface area contributed by atoms with Crippen molar-refractivity contribution in [1.82, 2.24) is 14.5 Å². The van der Waals surface area contributed by atoms with Gasteiger partial charge in [-0.15, -0.1) is 0 Å². The molecule has 0 spiro atoms. The van der Waals surface area contributed by atoms with Crippen LogP contribution < -0.4 is 5.32 Å². The van der Waals surface area contributed by atoms with E-state index in [-0.39, 0.29) is 37.4 Å². The Bertz CT molecular complexity index is 441. The molecular formula is C9H15N3O4S. The van der Waals surface area contributed by atoms with Crippen molar-refractivity contribution >= 4 is 21.8 Å². The molecular weight excluding hydrogens is 246 g/mol. The van der Waals surface area contributed by atoms with Crippen LogP contribution in [0.3, 0.4) is 0 Å². The number of piperazine rings is 1. The van der Waals surface area contributed by atoms with Crippen LogP contribution in [0, 0.1) is 5.92 Å². The molecule has 0 aromatic rings. The van der Waals surface area contributed by atoms with Crippen molar-refractivity contribution in [3.8, 4) is 0 Å². The maximum absolute atomic E-state index is 11.9. The van der Waals surface area contributed by atoms with Gasteiger partial charge in [-0.3, -0.25) is 9.59 Å². The summed E-state index contributed by atoms with van der Waals surface area (Å²) in [5.74, 6) is -0.584. The molecule has 0 aromatic carbocycles. The largest absolute Gasteiger partial charge is 0.353 e. The molecule has 8 heteroatoms. The maximum Gasteiger partial charge on any atom is 0.239 e. The maximum atomic E-state index is 11.9. The van der Waals surface area contributed by atoms with Gasteiger partial charge in [-0.2, -0.15) is 0 Å². The molecule has 2 fully saturated rings. The van der Waals surface area contributed by atoms with Gasteiger partial charge in [-0.1, -0.05) is 0 Å². The number of nitrogens with one attached hydrogen (secondary N) is 1. The van der Waals surface area contributed by atoms with Crippen molar-refractivity contribution in [2.45, 2.75) is 0 Å². The summed E-state index contributed by atoms with van der Waals surface area (Å²) < 4.78 is 23.6. The molecule has 0 aliphatic carbocycles. The third-order valence-corrected chi connectivity index (χ3v) is 4.25. The van der Waals surface area contributed by atoms with Crippen LogP contribution in [0.1, 0.15) is 0 Å². The molecule has 2 aliphatic rings. The minimum atomic E-state index is -3.19. The van der Waals surface area contributed by atoms with E-state index in [1.807, 2.05) is 0 Å². The van der Waals surface area contributed by atoms with Gasteiger partial charge in [0.25, 0.3) is 0 Å². The molecule has 2 rings (SSSR count). The van der Waals surface area contributed by atoms with Gasteiger partial charge in [0.15, 0.2) is 0 Å². The smallest absolute Gasteiger partial charge is 0.239 e. The zero-order valence-electron chi connectivity index (χ0n) is 9.55. The first kappa shape index (κ1) is 12.3. The highest BCUT2D eigenvalue weighted by molar-refractivity contribution is 7.88. The molecule has 2 aliphatic heterocycles. The van der Waals surface area contributed by atoms with Crippen molar-refractivity contribution in [3.05, 3.63) is 0 Å². The summed E-state index contributed by atoms with van der Waals surface area (Å²) in [5, 5.41) is 2.64. The first-order chi connectivity index (χ1) is 7.88. The first-order valence-corrected chi connectivity index (χ1v) is 7.23. The molecule has 1 N–H and O–H groups in total. The van der Waals surface area contributed by atoms with Gasteiger partial charge in [0, 0.05) is 26.2 Å². The summed E-state index contributed by atoms with van der Waals surface area (Å²) >= 11 is 0. The molecule has 17 heavy (non-hydrogen) atoms. The van der Waals surface area contributed by atoms with Crippen LogP contribution in [0.2, 0.25) is 0 Å². The molecule has 2 amide bonds. The van der Waals surface area contributed by atoms with Crippen LogP contribution in [-0.4, -0.2) is 68.4 Å². The van der Waals surface area contributed by atoms with Crippen LogP contribution in [0.4, 0.5) is 0 Å². The minimum Gasteiger partial charge on any atom is -0.353 e. The lowest BCUT2D eigenvalue weighted by atomic mass is 10.0. The Hall–Kier alpha value is -1.15. The second-order valence-corrected chi connectivity index (χ2v) is 6.37. The number of hydrogen-bond acceptors (Lipinski definition) is 4. The van der Waals surface area contributed by atoms with Gasteiger partial charge in [0.05, 0.1) is 18.7 Å². The predicted molar refractivity (Wildman–Crippen MR) is 59.5 cm³/mol. The Morgan fingerprint density at radius 2 is 2.06 bits per heavy atom. The average molecular weight is 261 g/mol. The van der Waals surface area contributed by atoms with Crippen LogP contribution in [0.25, 0.3) is 0 Å². The van der Waals surface area contributed by atoms with Crippen LogP contribution in [0.15, 0.2) is 0 Å². The van der Waals surface area contributed by atoms with Crippen molar-refractivity contribution < 1.29 is 18.0 Å². The highest BCUT2D eigenvalue weighted by Crippen LogP contribution is 2.21. The lowest BCUT2D eigenvalue weighted by molar-refractivity contribution is -0.144. The standard InChI is InChI=1S/C9H15N3O4S/c1-17(15,16)12-4-7(5-12)9(14)11-3-2-10-8(13)6-11/h7H,2-6H2,1H3,(H,10,13). The van der Waals surface area contributed by atoms with E-state index in [2.05, 4.69) is 5.32 Å². The SMILES string of the molecule is CS(=O)(=O)N1CC(C(=O)N2CCNC(=O)C2)C1. The Kier molecular flexibility index (Phi) is 3.09. The monoisotopic (exact) mass is 261 g/mol. The van der Waals surface area contributed by atoms with Gasteiger partial charge in [-0.05, 0) is 0 Å². The van der Waals surface area contributed by atoms with Gasteiger partial charge in [0.1, 0.15) is 0 Å². The molecule has 2 saturated heterocycles. The first-order valence-electron chi connectivity index (χ1n) is 5.38. The predicted octanol–water partition coefficient (Wildman–Crippen LogP) is -2.16. The molecule has 96 valence electrons. The third kappa shape index (κ3) is 2.58. The summed E-state index contributed by atoms with van der Waals surface area (Å²) in [4.78, 5) is 24.5. The van der Waals surface area contributed by atoms with E-state index in [0.29, 0.717) is 13.1 Å². The average Bonchev–Trinajstić information content (AvgIpc) is 2.12. The zero-order chi connectivity index (χ0) is 12.6. The normalized spacial score (nSPS) is 23.1. The molecule has 0 unspecified atom stereocenters. The Morgan fingerprint density at radius 3 is 2.59 bits per heavy atom. The van der Waals surface area contributed by atoms with Gasteiger partial charge in [0.2, 0.25) is 21.8 Å². The molecule has 0 atom stereocenters. The zero-order valence-corrected chi connectivity index (χ0v) is 10.4. The van der Waals surface area contributed by atoms with Crippen molar-refractivity contribution in [2.24, 2.45) is 5.92 Å². The van der Waals surface area contributed by atoms with Crippen molar-refractivity contribution in [3.63, 3.8) is 0 Å². The van der Waals surface area contributed by atoms with E-state index in [1.54, 1.807) is 0 Å². The van der Waals surface area contributed by atoms with Crippen LogP contribution >= 0.6 is 0 Å². The minimum absolute atomic E-state index is 0.0776. The van der Waals surface area contributed by atoms with E-state index in [4.69, 9.17) is 0 Å². The summed E-state index contributed by atoms with van der Waals surface area (Å²) in [7, 11) is -3.19. The second-order valence-electron chi connectivity index (χ2n) is 4.39. The molecule has 0 bridgehead atoms. The van der Waals surface area contributed by atoms with Gasteiger partial charge < -0.3 is 10.2 Å². The van der Waals surface area contributed by atoms with E-state index in [0.717, 1.165) is 6.26 Å². The summed E-state index contributed by atoms with van der Waals surface area (Å²) in [6.45, 7) is 1.51. The molecule has 0 aromatic heterocycles. The highest BCUT2D eigenvalue weighted by atomic mass is 32.2. The van der Waals surface area contributed by atoms with Crippen molar-refractivity contribution in [1.29, 1.82) is 0 Å². The number of carbonyl (C=O) groups is 2. The van der Waals surface area contributed by atoms with E-state index >= 15 is 0 Å². The fourth-order valence-corrected chi connectivity index (χ4v) is 2.85. The van der Waals surface area contributed by atoms with Crippen molar-refractivity contribution in [2.75, 3.05) is 39.0 Å². The topological polar surface area (TPSA) is 86.8 Å². The number of carbonyl (C=O) groups excluding carboxylic acids is 2. The number of hydrogen-bond donors (Lipinski definition) is 1. The summed E-state index contributed by atoms with van der Waals surface area (Å²) in [6, 6.07) is 0. The number of sulfonamides is 1. The van der Waals surface area contributed by atoms with Gasteiger partial charge in [-0.25, -0.2) is 12.7 Å². The van der Waals surface area contributed by atoms with E-state index in [1.165, 1.54) is 9.21 Å². The third-order valence-electron chi connectivity index (χ3n) is 3.02. The fourth-order valence-electron chi connectivity index (χ4n) is 1.95. The lowest BCUT2D eigenvalue weighted by Crippen LogP contribution is -2.59. The Morgan fingerprint density at radius 1 is 1.41 bits per heavy atom. The Labute approximate surface area is 99.8 Å². The fraction of sp³-hybridized carbons (Fsp3) is 0.778. The van der Waals surface area contributed by atoms with E-state index in [9.17, 15) is 18.0 Å². The lowest BCUT2D eigenvalue weighted by Gasteiger charge is -2.39. The van der Waals surface area contributed by atoms with Crippen LogP contribution in [0.5, 0.6) is 0 Å². The summed E-state index contributed by atoms with van der Waals surface area (Å²) in [6.07, 6.45) is 1.13. The number of nitrogens with zero attached hydrogens (tertiary/aromatic N) is 2. The molecule has 2 heterocycles. The number of amides is 2. The second kappa shape index (κ2) is 4.26. The summed E-state index contributed by atoms with van der Waals surface area (Å²) in [5.41, 5.74) is 0. The van der Waals surface area contributed by atoms with E-state index < -0.39 is 10.0 Å². The quantitative estimate of drug-likeness (QED) is 0.613. The number of rotatable bonds is 2. The molecule has 7 nitrogen and oxygen atoms in total.